The van der Waals surface area contributed by atoms with Crippen LogP contribution in [0.15, 0.2) is 18.2 Å². The lowest BCUT2D eigenvalue weighted by Crippen LogP contribution is -2.24. The lowest BCUT2D eigenvalue weighted by molar-refractivity contribution is -0.121. The first-order chi connectivity index (χ1) is 8.26. The molecule has 3 nitrogen and oxygen atoms in total. The standard InChI is InChI=1S/C14H19NO2/c1-3-10-5-4-6-12-11(9-13(16)15-2)7-8-17-14(10)12/h4-6,11H,3,7-9H2,1-2H3,(H,15,16). The van der Waals surface area contributed by atoms with Crippen LogP contribution in [0.2, 0.25) is 0 Å². The van der Waals surface area contributed by atoms with Crippen molar-refractivity contribution in [2.24, 2.45) is 0 Å². The predicted octanol–water partition coefficient (Wildman–Crippen LogP) is 2.25. The monoisotopic (exact) mass is 233 g/mol. The van der Waals surface area contributed by atoms with Gasteiger partial charge in [-0.1, -0.05) is 25.1 Å². The molecular formula is C14H19NO2. The third-order valence-electron chi connectivity index (χ3n) is 3.37. The Kier molecular flexibility index (Phi) is 3.67. The molecule has 3 heteroatoms. The number of hydrogen-bond donors (Lipinski definition) is 1. The lowest BCUT2D eigenvalue weighted by atomic mass is 9.88. The Morgan fingerprint density at radius 3 is 3.06 bits per heavy atom. The van der Waals surface area contributed by atoms with E-state index >= 15 is 0 Å². The molecule has 17 heavy (non-hydrogen) atoms. The van der Waals surface area contributed by atoms with Gasteiger partial charge in [0.05, 0.1) is 6.61 Å². The van der Waals surface area contributed by atoms with Crippen LogP contribution in [0.5, 0.6) is 5.75 Å². The maximum Gasteiger partial charge on any atom is 0.220 e. The quantitative estimate of drug-likeness (QED) is 0.869. The first-order valence-corrected chi connectivity index (χ1v) is 6.21. The second kappa shape index (κ2) is 5.21. The van der Waals surface area contributed by atoms with Gasteiger partial charge in [-0.25, -0.2) is 0 Å². The summed E-state index contributed by atoms with van der Waals surface area (Å²) in [6.07, 6.45) is 2.45. The maximum atomic E-state index is 11.5. The Bertz CT molecular complexity index is 415. The molecule has 1 heterocycles. The van der Waals surface area contributed by atoms with Gasteiger partial charge in [0.1, 0.15) is 5.75 Å². The summed E-state index contributed by atoms with van der Waals surface area (Å²) in [5.74, 6) is 1.41. The van der Waals surface area contributed by atoms with Crippen LogP contribution in [-0.4, -0.2) is 19.6 Å². The first kappa shape index (κ1) is 12.0. The van der Waals surface area contributed by atoms with Crippen LogP contribution in [0.25, 0.3) is 0 Å². The zero-order valence-corrected chi connectivity index (χ0v) is 10.5. The van der Waals surface area contributed by atoms with Crippen molar-refractivity contribution in [3.05, 3.63) is 29.3 Å². The van der Waals surface area contributed by atoms with Crippen molar-refractivity contribution in [2.45, 2.75) is 32.1 Å². The summed E-state index contributed by atoms with van der Waals surface area (Å²) in [4.78, 5) is 11.5. The molecule has 0 aliphatic carbocycles. The molecule has 1 aromatic rings. The molecule has 0 fully saturated rings. The van der Waals surface area contributed by atoms with Crippen LogP contribution in [0.3, 0.4) is 0 Å². The normalized spacial score (nSPS) is 18.1. The minimum Gasteiger partial charge on any atom is -0.493 e. The number of aryl methyl sites for hydroxylation is 1. The molecule has 1 aliphatic heterocycles. The molecule has 1 aromatic carbocycles. The number of benzene rings is 1. The van der Waals surface area contributed by atoms with Gasteiger partial charge in [0.15, 0.2) is 0 Å². The van der Waals surface area contributed by atoms with E-state index in [0.717, 1.165) is 18.6 Å². The van der Waals surface area contributed by atoms with Crippen molar-refractivity contribution in [1.29, 1.82) is 0 Å². The number of hydrogen-bond acceptors (Lipinski definition) is 2. The first-order valence-electron chi connectivity index (χ1n) is 6.21. The number of rotatable bonds is 3. The van der Waals surface area contributed by atoms with Gasteiger partial charge in [0.25, 0.3) is 0 Å². The van der Waals surface area contributed by atoms with E-state index in [-0.39, 0.29) is 5.91 Å². The van der Waals surface area contributed by atoms with Gasteiger partial charge < -0.3 is 10.1 Å². The van der Waals surface area contributed by atoms with Gasteiger partial charge in [0, 0.05) is 13.5 Å². The Hall–Kier alpha value is -1.51. The average Bonchev–Trinajstić information content (AvgIpc) is 2.38. The number of carbonyl (C=O) groups is 1. The van der Waals surface area contributed by atoms with E-state index in [1.54, 1.807) is 7.05 Å². The molecule has 0 saturated carbocycles. The maximum absolute atomic E-state index is 11.5. The molecule has 0 bridgehead atoms. The molecule has 0 spiro atoms. The van der Waals surface area contributed by atoms with Gasteiger partial charge >= 0.3 is 0 Å². The zero-order chi connectivity index (χ0) is 12.3. The smallest absolute Gasteiger partial charge is 0.220 e. The van der Waals surface area contributed by atoms with Crippen LogP contribution in [-0.2, 0) is 11.2 Å². The van der Waals surface area contributed by atoms with Crippen LogP contribution >= 0.6 is 0 Å². The van der Waals surface area contributed by atoms with Crippen LogP contribution in [0.1, 0.15) is 36.8 Å². The van der Waals surface area contributed by atoms with E-state index in [4.69, 9.17) is 4.74 Å². The number of para-hydroxylation sites is 1. The molecule has 1 amide bonds. The Labute approximate surface area is 102 Å². The van der Waals surface area contributed by atoms with Crippen LogP contribution < -0.4 is 10.1 Å². The number of nitrogens with one attached hydrogen (secondary N) is 1. The van der Waals surface area contributed by atoms with Crippen molar-refractivity contribution in [3.63, 3.8) is 0 Å². The second-order valence-corrected chi connectivity index (χ2v) is 4.40. The van der Waals surface area contributed by atoms with E-state index in [1.165, 1.54) is 11.1 Å². The van der Waals surface area contributed by atoms with Crippen LogP contribution in [0.4, 0.5) is 0 Å². The van der Waals surface area contributed by atoms with Gasteiger partial charge in [0.2, 0.25) is 5.91 Å². The topological polar surface area (TPSA) is 38.3 Å². The molecule has 1 N–H and O–H groups in total. The summed E-state index contributed by atoms with van der Waals surface area (Å²) >= 11 is 0. The fourth-order valence-electron chi connectivity index (χ4n) is 2.38. The highest BCUT2D eigenvalue weighted by Crippen LogP contribution is 2.38. The fraction of sp³-hybridized carbons (Fsp3) is 0.500. The number of ether oxygens (including phenoxy) is 1. The summed E-state index contributed by atoms with van der Waals surface area (Å²) in [6, 6.07) is 6.24. The van der Waals surface area contributed by atoms with Gasteiger partial charge in [-0.05, 0) is 29.9 Å². The van der Waals surface area contributed by atoms with E-state index in [2.05, 4.69) is 30.4 Å². The van der Waals surface area contributed by atoms with Gasteiger partial charge in [-0.3, -0.25) is 4.79 Å². The SMILES string of the molecule is CCc1cccc2c1OCCC2CC(=O)NC. The number of fused-ring (bicyclic) bond motifs is 1. The van der Waals surface area contributed by atoms with Crippen molar-refractivity contribution >= 4 is 5.91 Å². The van der Waals surface area contributed by atoms with Crippen LogP contribution in [0, 0.1) is 0 Å². The molecule has 1 atom stereocenters. The van der Waals surface area contributed by atoms with Crippen molar-refractivity contribution in [1.82, 2.24) is 5.32 Å². The predicted molar refractivity (Wildman–Crippen MR) is 67.4 cm³/mol. The highest BCUT2D eigenvalue weighted by Gasteiger charge is 2.24. The zero-order valence-electron chi connectivity index (χ0n) is 10.5. The minimum atomic E-state index is 0.102. The summed E-state index contributed by atoms with van der Waals surface area (Å²) in [5, 5.41) is 2.69. The minimum absolute atomic E-state index is 0.102. The number of amides is 1. The molecule has 0 saturated heterocycles. The Morgan fingerprint density at radius 1 is 1.53 bits per heavy atom. The number of carbonyl (C=O) groups excluding carboxylic acids is 1. The molecule has 1 unspecified atom stereocenters. The average molecular weight is 233 g/mol. The van der Waals surface area contributed by atoms with Crippen molar-refractivity contribution in [2.75, 3.05) is 13.7 Å². The molecule has 1 aliphatic rings. The summed E-state index contributed by atoms with van der Waals surface area (Å²) in [6.45, 7) is 2.84. The van der Waals surface area contributed by atoms with Gasteiger partial charge in [-0.15, -0.1) is 0 Å². The van der Waals surface area contributed by atoms with E-state index in [9.17, 15) is 4.79 Å². The van der Waals surface area contributed by atoms with E-state index in [0.29, 0.717) is 18.9 Å². The fourth-order valence-corrected chi connectivity index (χ4v) is 2.38. The largest absolute Gasteiger partial charge is 0.493 e. The molecular weight excluding hydrogens is 214 g/mol. The summed E-state index contributed by atoms with van der Waals surface area (Å²) in [7, 11) is 1.69. The third-order valence-corrected chi connectivity index (χ3v) is 3.37. The second-order valence-electron chi connectivity index (χ2n) is 4.40. The summed E-state index contributed by atoms with van der Waals surface area (Å²) < 4.78 is 5.76. The Morgan fingerprint density at radius 2 is 2.35 bits per heavy atom. The lowest BCUT2D eigenvalue weighted by Gasteiger charge is -2.27. The third kappa shape index (κ3) is 2.43. The molecule has 92 valence electrons. The highest BCUT2D eigenvalue weighted by atomic mass is 16.5. The molecule has 0 radical (unpaired) electrons. The Balaban J connectivity index is 2.28. The van der Waals surface area contributed by atoms with E-state index in [1.807, 2.05) is 0 Å². The van der Waals surface area contributed by atoms with Crippen molar-refractivity contribution in [3.8, 4) is 5.75 Å². The molecule has 0 aromatic heterocycles. The summed E-state index contributed by atoms with van der Waals surface area (Å²) in [5.41, 5.74) is 2.43. The van der Waals surface area contributed by atoms with Crippen molar-refractivity contribution < 1.29 is 9.53 Å². The van der Waals surface area contributed by atoms with Gasteiger partial charge in [-0.2, -0.15) is 0 Å². The molecule has 2 rings (SSSR count). The highest BCUT2D eigenvalue weighted by molar-refractivity contribution is 5.76. The van der Waals surface area contributed by atoms with E-state index < -0.39 is 0 Å².